The minimum absolute atomic E-state index is 0.0358. The number of nitrogens with one attached hydrogen (secondary N) is 1. The first-order chi connectivity index (χ1) is 13.7. The number of carbonyl (C=O) groups is 1. The Hall–Kier alpha value is -1.43. The van der Waals surface area contributed by atoms with E-state index in [9.17, 15) is 4.79 Å². The lowest BCUT2D eigenvalue weighted by atomic mass is 9.85. The standard InChI is InChI=1S/C24H42N2O3/c1-9-14-26(15-10-2)20-16-18(23(27)28-13-5)17-21(29-19(11-3)12-4)22(20)25-24(6,7)8/h9-10,17,19-22,25H,1-2,11-16H2,3-8H3/t20-,21-,22-/m1/s1. The number of hydrogen-bond donors (Lipinski definition) is 1. The van der Waals surface area contributed by atoms with Gasteiger partial charge in [-0.15, -0.1) is 13.2 Å². The van der Waals surface area contributed by atoms with Gasteiger partial charge in [0.25, 0.3) is 0 Å². The SMILES string of the molecule is C=CCN(CC=C)[C@@H]1CC(C(=O)OCC)=C[C@@H](OC(CC)CC)[C@@H]1NC(C)(C)C. The van der Waals surface area contributed by atoms with Crippen LogP contribution in [-0.2, 0) is 14.3 Å². The Kier molecular flexibility index (Phi) is 10.9. The van der Waals surface area contributed by atoms with E-state index in [1.165, 1.54) is 0 Å². The molecular formula is C24H42N2O3. The summed E-state index contributed by atoms with van der Waals surface area (Å²) in [5, 5.41) is 3.77. The lowest BCUT2D eigenvalue weighted by Gasteiger charge is -2.45. The Bertz CT molecular complexity index is 551. The first kappa shape index (κ1) is 25.6. The van der Waals surface area contributed by atoms with Crippen LogP contribution in [0.25, 0.3) is 0 Å². The van der Waals surface area contributed by atoms with Crippen LogP contribution < -0.4 is 5.32 Å². The van der Waals surface area contributed by atoms with Gasteiger partial charge in [-0.2, -0.15) is 0 Å². The molecule has 0 saturated heterocycles. The first-order valence-electron chi connectivity index (χ1n) is 11.0. The highest BCUT2D eigenvalue weighted by Crippen LogP contribution is 2.29. The quantitative estimate of drug-likeness (QED) is 0.388. The number of hydrogen-bond acceptors (Lipinski definition) is 5. The molecule has 0 unspecified atom stereocenters. The average Bonchev–Trinajstić information content (AvgIpc) is 2.65. The molecule has 5 heteroatoms. The van der Waals surface area contributed by atoms with Crippen LogP contribution in [0.1, 0.15) is 60.8 Å². The number of ether oxygens (including phenoxy) is 2. The molecule has 1 aliphatic carbocycles. The summed E-state index contributed by atoms with van der Waals surface area (Å²) in [7, 11) is 0. The van der Waals surface area contributed by atoms with E-state index in [0.29, 0.717) is 31.7 Å². The molecule has 0 aromatic heterocycles. The molecule has 0 fully saturated rings. The van der Waals surface area contributed by atoms with Crippen molar-refractivity contribution in [2.75, 3.05) is 19.7 Å². The zero-order valence-corrected chi connectivity index (χ0v) is 19.4. The van der Waals surface area contributed by atoms with Gasteiger partial charge >= 0.3 is 5.97 Å². The third kappa shape index (κ3) is 8.07. The number of rotatable bonds is 12. The molecule has 1 N–H and O–H groups in total. The van der Waals surface area contributed by atoms with Gasteiger partial charge in [0.15, 0.2) is 0 Å². The molecule has 1 rings (SSSR count). The zero-order valence-electron chi connectivity index (χ0n) is 19.4. The third-order valence-corrected chi connectivity index (χ3v) is 5.16. The van der Waals surface area contributed by atoms with E-state index in [-0.39, 0.29) is 35.8 Å². The molecule has 166 valence electrons. The number of esters is 1. The van der Waals surface area contributed by atoms with Gasteiger partial charge in [-0.25, -0.2) is 4.79 Å². The maximum atomic E-state index is 12.6. The van der Waals surface area contributed by atoms with Crippen molar-refractivity contribution in [3.8, 4) is 0 Å². The van der Waals surface area contributed by atoms with Crippen molar-refractivity contribution in [2.45, 2.75) is 90.6 Å². The second kappa shape index (κ2) is 12.3. The van der Waals surface area contributed by atoms with E-state index in [0.717, 1.165) is 12.8 Å². The summed E-state index contributed by atoms with van der Waals surface area (Å²) in [6, 6.07) is 0.0997. The van der Waals surface area contributed by atoms with E-state index in [1.807, 2.05) is 25.2 Å². The fourth-order valence-corrected chi connectivity index (χ4v) is 3.86. The molecular weight excluding hydrogens is 364 g/mol. The van der Waals surface area contributed by atoms with Gasteiger partial charge in [-0.05, 0) is 53.0 Å². The van der Waals surface area contributed by atoms with Crippen LogP contribution in [0.3, 0.4) is 0 Å². The van der Waals surface area contributed by atoms with Crippen LogP contribution in [0, 0.1) is 0 Å². The third-order valence-electron chi connectivity index (χ3n) is 5.16. The van der Waals surface area contributed by atoms with Gasteiger partial charge in [0, 0.05) is 30.2 Å². The van der Waals surface area contributed by atoms with Gasteiger partial charge in [0.05, 0.1) is 24.9 Å². The largest absolute Gasteiger partial charge is 0.463 e. The molecule has 0 aliphatic heterocycles. The molecule has 3 atom stereocenters. The van der Waals surface area contributed by atoms with Gasteiger partial charge in [-0.1, -0.05) is 26.0 Å². The first-order valence-corrected chi connectivity index (χ1v) is 11.0. The normalized spacial score (nSPS) is 22.5. The lowest BCUT2D eigenvalue weighted by molar-refractivity contribution is -0.139. The number of carbonyl (C=O) groups excluding carboxylic acids is 1. The van der Waals surface area contributed by atoms with Crippen molar-refractivity contribution in [3.63, 3.8) is 0 Å². The van der Waals surface area contributed by atoms with Gasteiger partial charge in [0.1, 0.15) is 0 Å². The number of nitrogens with zero attached hydrogens (tertiary/aromatic N) is 1. The average molecular weight is 407 g/mol. The fourth-order valence-electron chi connectivity index (χ4n) is 3.86. The second-order valence-electron chi connectivity index (χ2n) is 8.67. The summed E-state index contributed by atoms with van der Waals surface area (Å²) in [4.78, 5) is 14.9. The summed E-state index contributed by atoms with van der Waals surface area (Å²) in [6.45, 7) is 22.2. The van der Waals surface area contributed by atoms with E-state index in [4.69, 9.17) is 9.47 Å². The van der Waals surface area contributed by atoms with Crippen LogP contribution in [-0.4, -0.2) is 60.4 Å². The molecule has 29 heavy (non-hydrogen) atoms. The molecule has 0 aromatic carbocycles. The summed E-state index contributed by atoms with van der Waals surface area (Å²) >= 11 is 0. The fraction of sp³-hybridized carbons (Fsp3) is 0.708. The molecule has 0 heterocycles. The van der Waals surface area contributed by atoms with Crippen LogP contribution >= 0.6 is 0 Å². The van der Waals surface area contributed by atoms with Crippen LogP contribution in [0.5, 0.6) is 0 Å². The van der Waals surface area contributed by atoms with Gasteiger partial charge < -0.3 is 14.8 Å². The predicted molar refractivity (Wildman–Crippen MR) is 121 cm³/mol. The van der Waals surface area contributed by atoms with Crippen LogP contribution in [0.4, 0.5) is 0 Å². The Morgan fingerprint density at radius 1 is 1.24 bits per heavy atom. The van der Waals surface area contributed by atoms with Crippen LogP contribution in [0.2, 0.25) is 0 Å². The highest BCUT2D eigenvalue weighted by atomic mass is 16.5. The van der Waals surface area contributed by atoms with E-state index < -0.39 is 0 Å². The Morgan fingerprint density at radius 3 is 2.28 bits per heavy atom. The molecule has 0 amide bonds. The highest BCUT2D eigenvalue weighted by Gasteiger charge is 2.41. The molecule has 5 nitrogen and oxygen atoms in total. The van der Waals surface area contributed by atoms with Crippen molar-refractivity contribution in [2.24, 2.45) is 0 Å². The molecule has 0 saturated carbocycles. The molecule has 0 bridgehead atoms. The monoisotopic (exact) mass is 406 g/mol. The van der Waals surface area contributed by atoms with E-state index in [2.05, 4.69) is 58.0 Å². The summed E-state index contributed by atoms with van der Waals surface area (Å²) in [6.07, 6.45) is 8.20. The van der Waals surface area contributed by atoms with Crippen molar-refractivity contribution in [1.29, 1.82) is 0 Å². The van der Waals surface area contributed by atoms with Gasteiger partial charge in [-0.3, -0.25) is 4.90 Å². The second-order valence-corrected chi connectivity index (χ2v) is 8.67. The van der Waals surface area contributed by atoms with Crippen molar-refractivity contribution < 1.29 is 14.3 Å². The van der Waals surface area contributed by atoms with Crippen molar-refractivity contribution in [1.82, 2.24) is 10.2 Å². The Morgan fingerprint density at radius 2 is 1.83 bits per heavy atom. The van der Waals surface area contributed by atoms with Crippen molar-refractivity contribution in [3.05, 3.63) is 37.0 Å². The molecule has 1 aliphatic rings. The maximum absolute atomic E-state index is 12.6. The van der Waals surface area contributed by atoms with E-state index >= 15 is 0 Å². The summed E-state index contributed by atoms with van der Waals surface area (Å²) in [5.74, 6) is -0.248. The Balaban J connectivity index is 3.39. The van der Waals surface area contributed by atoms with Gasteiger partial charge in [0.2, 0.25) is 0 Å². The van der Waals surface area contributed by atoms with E-state index in [1.54, 1.807) is 0 Å². The predicted octanol–water partition coefficient (Wildman–Crippen LogP) is 4.25. The topological polar surface area (TPSA) is 50.8 Å². The molecule has 0 spiro atoms. The summed E-state index contributed by atoms with van der Waals surface area (Å²) < 4.78 is 11.8. The molecule has 0 radical (unpaired) electrons. The summed E-state index contributed by atoms with van der Waals surface area (Å²) in [5.41, 5.74) is 0.597. The lowest BCUT2D eigenvalue weighted by Crippen LogP contribution is -2.62. The minimum Gasteiger partial charge on any atom is -0.463 e. The highest BCUT2D eigenvalue weighted by molar-refractivity contribution is 5.89. The maximum Gasteiger partial charge on any atom is 0.333 e. The zero-order chi connectivity index (χ0) is 22.0. The van der Waals surface area contributed by atoms with Crippen molar-refractivity contribution >= 4 is 5.97 Å². The Labute approximate surface area is 178 Å². The van der Waals surface area contributed by atoms with Crippen LogP contribution in [0.15, 0.2) is 37.0 Å². The smallest absolute Gasteiger partial charge is 0.333 e. The molecule has 0 aromatic rings. The minimum atomic E-state index is -0.248.